The Kier molecular flexibility index (Phi) is 5.45. The molecule has 9 heteroatoms. The number of benzene rings is 1. The minimum atomic E-state index is -0.801. The normalized spacial score (nSPS) is 14.7. The van der Waals surface area contributed by atoms with Gasteiger partial charge in [0.25, 0.3) is 5.91 Å². The van der Waals surface area contributed by atoms with Gasteiger partial charge in [0.2, 0.25) is 5.89 Å². The first kappa shape index (κ1) is 20.0. The molecule has 0 radical (unpaired) electrons. The molecule has 0 unspecified atom stereocenters. The van der Waals surface area contributed by atoms with Crippen molar-refractivity contribution in [2.75, 3.05) is 13.1 Å². The van der Waals surface area contributed by atoms with Crippen LogP contribution in [0.25, 0.3) is 11.3 Å². The van der Waals surface area contributed by atoms with E-state index in [0.717, 1.165) is 13.1 Å². The van der Waals surface area contributed by atoms with Crippen LogP contribution < -0.4 is 10.5 Å². The zero-order valence-corrected chi connectivity index (χ0v) is 16.7. The predicted octanol–water partition coefficient (Wildman–Crippen LogP) is 2.76. The fourth-order valence-electron chi connectivity index (χ4n) is 3.17. The number of likely N-dealkylation sites (tertiary alicyclic amines) is 1. The van der Waals surface area contributed by atoms with E-state index in [1.165, 1.54) is 12.1 Å². The molecule has 30 heavy (non-hydrogen) atoms. The van der Waals surface area contributed by atoms with Crippen LogP contribution in [0.15, 0.2) is 41.1 Å². The highest BCUT2D eigenvalue weighted by atomic mass is 19.1. The van der Waals surface area contributed by atoms with E-state index in [4.69, 9.17) is 15.0 Å². The second-order valence-corrected chi connectivity index (χ2v) is 7.57. The van der Waals surface area contributed by atoms with Crippen molar-refractivity contribution in [2.24, 2.45) is 5.73 Å². The Hall–Kier alpha value is -3.33. The summed E-state index contributed by atoms with van der Waals surface area (Å²) in [6.07, 6.45) is 1.66. The first-order valence-electron chi connectivity index (χ1n) is 9.66. The van der Waals surface area contributed by atoms with Crippen molar-refractivity contribution in [2.45, 2.75) is 32.4 Å². The molecule has 1 amide bonds. The molecule has 8 nitrogen and oxygen atoms in total. The van der Waals surface area contributed by atoms with Gasteiger partial charge in [-0.25, -0.2) is 4.39 Å². The van der Waals surface area contributed by atoms with Crippen molar-refractivity contribution in [1.29, 1.82) is 0 Å². The van der Waals surface area contributed by atoms with Gasteiger partial charge in [0.15, 0.2) is 5.82 Å². The summed E-state index contributed by atoms with van der Waals surface area (Å²) in [6, 6.07) is 7.75. The number of hydrogen-bond acceptors (Lipinski definition) is 7. The van der Waals surface area contributed by atoms with Crippen LogP contribution >= 0.6 is 0 Å². The Balaban J connectivity index is 1.30. The lowest BCUT2D eigenvalue weighted by Crippen LogP contribution is -2.53. The Morgan fingerprint density at radius 2 is 2.13 bits per heavy atom. The van der Waals surface area contributed by atoms with Crippen molar-refractivity contribution in [3.8, 4) is 17.0 Å². The van der Waals surface area contributed by atoms with Gasteiger partial charge in [-0.15, -0.1) is 0 Å². The Morgan fingerprint density at radius 1 is 1.33 bits per heavy atom. The van der Waals surface area contributed by atoms with Gasteiger partial charge in [-0.3, -0.25) is 14.7 Å². The molecule has 1 aliphatic heterocycles. The maximum atomic E-state index is 14.0. The Labute approximate surface area is 172 Å². The number of amides is 1. The highest BCUT2D eigenvalue weighted by Gasteiger charge is 2.30. The monoisotopic (exact) mass is 411 g/mol. The van der Waals surface area contributed by atoms with Crippen molar-refractivity contribution in [3.63, 3.8) is 0 Å². The third kappa shape index (κ3) is 4.30. The number of hydrogen-bond donors (Lipinski definition) is 1. The standard InChI is InChI=1S/C21H22FN5O3/c1-12(2)21-25-19(30-26-21)11-27-9-15(10-27)29-14-4-6-18(24-8-14)13-3-5-16(20(23)28)17(22)7-13/h3-8,12,15H,9-11H2,1-2H3,(H2,23,28). The van der Waals surface area contributed by atoms with Crippen molar-refractivity contribution < 1.29 is 18.4 Å². The number of halogens is 1. The molecule has 2 N–H and O–H groups in total. The van der Waals surface area contributed by atoms with Crippen molar-refractivity contribution in [3.05, 3.63) is 59.6 Å². The summed E-state index contributed by atoms with van der Waals surface area (Å²) >= 11 is 0. The summed E-state index contributed by atoms with van der Waals surface area (Å²) in [5.41, 5.74) is 6.11. The topological polar surface area (TPSA) is 107 Å². The lowest BCUT2D eigenvalue weighted by molar-refractivity contribution is 0.00844. The van der Waals surface area contributed by atoms with Gasteiger partial charge in [0.05, 0.1) is 24.0 Å². The first-order valence-corrected chi connectivity index (χ1v) is 9.66. The molecule has 4 rings (SSSR count). The van der Waals surface area contributed by atoms with E-state index in [1.807, 2.05) is 13.8 Å². The molecule has 3 heterocycles. The van der Waals surface area contributed by atoms with E-state index in [2.05, 4.69) is 20.0 Å². The second-order valence-electron chi connectivity index (χ2n) is 7.57. The van der Waals surface area contributed by atoms with E-state index in [-0.39, 0.29) is 17.6 Å². The highest BCUT2D eigenvalue weighted by molar-refractivity contribution is 5.93. The van der Waals surface area contributed by atoms with Crippen molar-refractivity contribution in [1.82, 2.24) is 20.0 Å². The maximum absolute atomic E-state index is 14.0. The lowest BCUT2D eigenvalue weighted by Gasteiger charge is -2.37. The molecule has 0 atom stereocenters. The number of nitrogens with two attached hydrogens (primary N) is 1. The lowest BCUT2D eigenvalue weighted by atomic mass is 10.1. The van der Waals surface area contributed by atoms with Crippen LogP contribution in [0, 0.1) is 5.82 Å². The van der Waals surface area contributed by atoms with Gasteiger partial charge in [-0.1, -0.05) is 25.1 Å². The number of aromatic nitrogens is 3. The van der Waals surface area contributed by atoms with Crippen molar-refractivity contribution >= 4 is 5.91 Å². The number of rotatable bonds is 7. The summed E-state index contributed by atoms with van der Waals surface area (Å²) in [7, 11) is 0. The molecule has 3 aromatic rings. The fraction of sp³-hybridized carbons (Fsp3) is 0.333. The molecule has 0 spiro atoms. The quantitative estimate of drug-likeness (QED) is 0.637. The van der Waals surface area contributed by atoms with Gasteiger partial charge in [-0.05, 0) is 24.3 Å². The van der Waals surface area contributed by atoms with E-state index in [0.29, 0.717) is 35.3 Å². The molecule has 0 saturated carbocycles. The smallest absolute Gasteiger partial charge is 0.251 e. The molecule has 1 fully saturated rings. The number of nitrogens with zero attached hydrogens (tertiary/aromatic N) is 4. The van der Waals surface area contributed by atoms with Gasteiger partial charge in [-0.2, -0.15) is 4.98 Å². The molecule has 156 valence electrons. The number of ether oxygens (including phenoxy) is 1. The maximum Gasteiger partial charge on any atom is 0.251 e. The Morgan fingerprint density at radius 3 is 2.73 bits per heavy atom. The fourth-order valence-corrected chi connectivity index (χ4v) is 3.17. The number of pyridine rings is 1. The molecule has 0 aliphatic carbocycles. The summed E-state index contributed by atoms with van der Waals surface area (Å²) in [4.78, 5) is 22.0. The third-order valence-corrected chi connectivity index (χ3v) is 4.85. The van der Waals surface area contributed by atoms with Crippen LogP contribution in [0.4, 0.5) is 4.39 Å². The highest BCUT2D eigenvalue weighted by Crippen LogP contribution is 2.24. The van der Waals surface area contributed by atoms with Crippen LogP contribution in [-0.4, -0.2) is 45.1 Å². The summed E-state index contributed by atoms with van der Waals surface area (Å²) < 4.78 is 25.1. The number of carbonyl (C=O) groups is 1. The minimum Gasteiger partial charge on any atom is -0.486 e. The number of carbonyl (C=O) groups excluding carboxylic acids is 1. The van der Waals surface area contributed by atoms with E-state index in [9.17, 15) is 9.18 Å². The van der Waals surface area contributed by atoms with Crippen LogP contribution in [-0.2, 0) is 6.54 Å². The zero-order valence-electron chi connectivity index (χ0n) is 16.7. The largest absolute Gasteiger partial charge is 0.486 e. The third-order valence-electron chi connectivity index (χ3n) is 4.85. The summed E-state index contributed by atoms with van der Waals surface area (Å²) in [5, 5.41) is 3.97. The van der Waals surface area contributed by atoms with Crippen LogP contribution in [0.3, 0.4) is 0 Å². The summed E-state index contributed by atoms with van der Waals surface area (Å²) in [5.74, 6) is 0.732. The van der Waals surface area contributed by atoms with E-state index in [1.54, 1.807) is 24.4 Å². The average Bonchev–Trinajstić information content (AvgIpc) is 3.15. The zero-order chi connectivity index (χ0) is 21.3. The molecule has 2 aromatic heterocycles. The van der Waals surface area contributed by atoms with Crippen LogP contribution in [0.2, 0.25) is 0 Å². The Bertz CT molecular complexity index is 1050. The predicted molar refractivity (Wildman–Crippen MR) is 106 cm³/mol. The molecule has 1 saturated heterocycles. The van der Waals surface area contributed by atoms with Gasteiger partial charge >= 0.3 is 0 Å². The molecule has 0 bridgehead atoms. The van der Waals surface area contributed by atoms with Crippen LogP contribution in [0.1, 0.15) is 41.8 Å². The van der Waals surface area contributed by atoms with Gasteiger partial charge in [0.1, 0.15) is 17.7 Å². The molecule has 1 aliphatic rings. The average molecular weight is 411 g/mol. The molecular formula is C21H22FN5O3. The van der Waals surface area contributed by atoms with Crippen LogP contribution in [0.5, 0.6) is 5.75 Å². The molecular weight excluding hydrogens is 389 g/mol. The first-order chi connectivity index (χ1) is 14.4. The van der Waals surface area contributed by atoms with Gasteiger partial charge in [0, 0.05) is 24.6 Å². The minimum absolute atomic E-state index is 0.0532. The molecule has 1 aromatic carbocycles. The van der Waals surface area contributed by atoms with Gasteiger partial charge < -0.3 is 15.0 Å². The number of primary amides is 1. The SMILES string of the molecule is CC(C)c1noc(CN2CC(Oc3ccc(-c4ccc(C(N)=O)c(F)c4)nc3)C2)n1. The van der Waals surface area contributed by atoms with E-state index >= 15 is 0 Å². The van der Waals surface area contributed by atoms with E-state index < -0.39 is 11.7 Å². The second kappa shape index (κ2) is 8.19. The summed E-state index contributed by atoms with van der Waals surface area (Å²) in [6.45, 7) is 6.15.